The highest BCUT2D eigenvalue weighted by Gasteiger charge is 2.27. The van der Waals surface area contributed by atoms with Crippen LogP contribution in [0, 0.1) is 0 Å². The number of anilines is 3. The molecule has 0 spiro atoms. The summed E-state index contributed by atoms with van der Waals surface area (Å²) < 4.78 is 28.1. The van der Waals surface area contributed by atoms with Gasteiger partial charge >= 0.3 is 0 Å². The largest absolute Gasteiger partial charge is 0.497 e. The number of hydrogen-bond acceptors (Lipinski definition) is 7. The van der Waals surface area contributed by atoms with E-state index in [0.29, 0.717) is 18.1 Å². The van der Waals surface area contributed by atoms with Gasteiger partial charge in [-0.3, -0.25) is 0 Å². The van der Waals surface area contributed by atoms with E-state index in [1.807, 2.05) is 24.3 Å². The minimum Gasteiger partial charge on any atom is -0.497 e. The second kappa shape index (κ2) is 6.41. The van der Waals surface area contributed by atoms with Crippen LogP contribution in [0.25, 0.3) is 0 Å². The predicted molar refractivity (Wildman–Crippen MR) is 89.0 cm³/mol. The van der Waals surface area contributed by atoms with Crippen LogP contribution in [-0.4, -0.2) is 43.0 Å². The minimum absolute atomic E-state index is 0.0938. The lowest BCUT2D eigenvalue weighted by Crippen LogP contribution is -2.21. The highest BCUT2D eigenvalue weighted by Crippen LogP contribution is 2.21. The molecule has 0 amide bonds. The third kappa shape index (κ3) is 4.10. The lowest BCUT2D eigenvalue weighted by molar-refractivity contribution is 0.415. The third-order valence-corrected chi connectivity index (χ3v) is 5.38. The lowest BCUT2D eigenvalue weighted by atomic mass is 10.2. The van der Waals surface area contributed by atoms with Gasteiger partial charge in [0.05, 0.1) is 18.6 Å². The first-order valence-electron chi connectivity index (χ1n) is 7.24. The Hall–Kier alpha value is -2.35. The Kier molecular flexibility index (Phi) is 4.33. The van der Waals surface area contributed by atoms with E-state index in [2.05, 4.69) is 20.6 Å². The molecular formula is C15H18N4O3S. The van der Waals surface area contributed by atoms with Gasteiger partial charge in [0.25, 0.3) is 0 Å². The molecule has 3 rings (SSSR count). The van der Waals surface area contributed by atoms with Gasteiger partial charge < -0.3 is 15.4 Å². The van der Waals surface area contributed by atoms with Crippen LogP contribution >= 0.6 is 0 Å². The zero-order valence-electron chi connectivity index (χ0n) is 12.7. The number of hydrogen-bond donors (Lipinski definition) is 2. The molecule has 0 bridgehead atoms. The molecule has 7 nitrogen and oxygen atoms in total. The maximum Gasteiger partial charge on any atom is 0.152 e. The van der Waals surface area contributed by atoms with Gasteiger partial charge in [0.1, 0.15) is 23.7 Å². The van der Waals surface area contributed by atoms with Crippen LogP contribution < -0.4 is 15.4 Å². The summed E-state index contributed by atoms with van der Waals surface area (Å²) in [6.07, 6.45) is 2.05. The van der Waals surface area contributed by atoms with Crippen LogP contribution in [0.3, 0.4) is 0 Å². The first-order chi connectivity index (χ1) is 11.0. The summed E-state index contributed by atoms with van der Waals surface area (Å²) in [4.78, 5) is 8.31. The van der Waals surface area contributed by atoms with E-state index in [1.54, 1.807) is 13.2 Å². The molecule has 0 aliphatic carbocycles. The molecule has 1 aliphatic heterocycles. The molecule has 2 heterocycles. The van der Waals surface area contributed by atoms with Crippen LogP contribution in [0.1, 0.15) is 6.42 Å². The quantitative estimate of drug-likeness (QED) is 0.861. The first kappa shape index (κ1) is 15.5. The molecule has 1 aromatic carbocycles. The summed E-state index contributed by atoms with van der Waals surface area (Å²) in [7, 11) is -1.30. The minimum atomic E-state index is -2.91. The van der Waals surface area contributed by atoms with Crippen molar-refractivity contribution in [2.24, 2.45) is 0 Å². The maximum atomic E-state index is 11.5. The summed E-state index contributed by atoms with van der Waals surface area (Å²) in [6, 6.07) is 9.14. The van der Waals surface area contributed by atoms with Gasteiger partial charge in [0, 0.05) is 17.8 Å². The van der Waals surface area contributed by atoms with Crippen molar-refractivity contribution in [2.75, 3.05) is 29.2 Å². The number of benzene rings is 1. The molecule has 1 fully saturated rings. The molecule has 8 heteroatoms. The molecule has 2 aromatic rings. The van der Waals surface area contributed by atoms with Crippen molar-refractivity contribution in [3.05, 3.63) is 36.7 Å². The van der Waals surface area contributed by atoms with Crippen LogP contribution in [0.5, 0.6) is 5.75 Å². The third-order valence-electron chi connectivity index (χ3n) is 3.61. The van der Waals surface area contributed by atoms with Gasteiger partial charge in [-0.1, -0.05) is 0 Å². The molecule has 1 saturated heterocycles. The normalized spacial score (nSPS) is 19.3. The van der Waals surface area contributed by atoms with E-state index in [1.165, 1.54) is 6.33 Å². The Bertz CT molecular complexity index is 778. The standard InChI is InChI=1S/C15H18N4O3S/c1-22-13-4-2-11(3-5-13)18-14-8-15(17-10-16-14)19-12-6-7-23(20,21)9-12/h2-5,8,10,12H,6-7,9H2,1H3,(H2,16,17,18,19). The van der Waals surface area contributed by atoms with Crippen LogP contribution in [0.15, 0.2) is 36.7 Å². The van der Waals surface area contributed by atoms with Gasteiger partial charge in [-0.25, -0.2) is 18.4 Å². The lowest BCUT2D eigenvalue weighted by Gasteiger charge is -2.12. The fraction of sp³-hybridized carbons (Fsp3) is 0.333. The Morgan fingerprint density at radius 3 is 2.57 bits per heavy atom. The highest BCUT2D eigenvalue weighted by atomic mass is 32.2. The van der Waals surface area contributed by atoms with E-state index in [-0.39, 0.29) is 17.5 Å². The highest BCUT2D eigenvalue weighted by molar-refractivity contribution is 7.91. The number of nitrogens with zero attached hydrogens (tertiary/aromatic N) is 2. The molecule has 1 atom stereocenters. The van der Waals surface area contributed by atoms with Crippen molar-refractivity contribution in [1.82, 2.24) is 9.97 Å². The Balaban J connectivity index is 1.67. The average Bonchev–Trinajstić information content (AvgIpc) is 2.87. The number of nitrogens with one attached hydrogen (secondary N) is 2. The van der Waals surface area contributed by atoms with Crippen molar-refractivity contribution in [3.8, 4) is 5.75 Å². The molecule has 0 saturated carbocycles. The van der Waals surface area contributed by atoms with E-state index in [0.717, 1.165) is 11.4 Å². The molecule has 1 aromatic heterocycles. The number of rotatable bonds is 5. The van der Waals surface area contributed by atoms with Crippen LogP contribution in [0.4, 0.5) is 17.3 Å². The smallest absolute Gasteiger partial charge is 0.152 e. The van der Waals surface area contributed by atoms with E-state index in [4.69, 9.17) is 4.74 Å². The molecule has 122 valence electrons. The maximum absolute atomic E-state index is 11.5. The van der Waals surface area contributed by atoms with E-state index >= 15 is 0 Å². The summed E-state index contributed by atoms with van der Waals surface area (Å²) in [5, 5.41) is 6.32. The topological polar surface area (TPSA) is 93.2 Å². The van der Waals surface area contributed by atoms with Crippen molar-refractivity contribution in [1.29, 1.82) is 0 Å². The molecule has 2 N–H and O–H groups in total. The fourth-order valence-electron chi connectivity index (χ4n) is 2.44. The predicted octanol–water partition coefficient (Wildman–Crippen LogP) is 1.83. The Morgan fingerprint density at radius 2 is 1.91 bits per heavy atom. The summed E-state index contributed by atoms with van der Waals surface area (Å²) >= 11 is 0. The number of ether oxygens (including phenoxy) is 1. The van der Waals surface area contributed by atoms with Crippen molar-refractivity contribution in [2.45, 2.75) is 12.5 Å². The van der Waals surface area contributed by atoms with Crippen LogP contribution in [0.2, 0.25) is 0 Å². The van der Waals surface area contributed by atoms with Crippen molar-refractivity contribution < 1.29 is 13.2 Å². The summed E-state index contributed by atoms with van der Waals surface area (Å²) in [5.74, 6) is 2.40. The van der Waals surface area contributed by atoms with Gasteiger partial charge in [-0.2, -0.15) is 0 Å². The zero-order valence-corrected chi connectivity index (χ0v) is 13.5. The second-order valence-electron chi connectivity index (χ2n) is 5.39. The van der Waals surface area contributed by atoms with Crippen molar-refractivity contribution in [3.63, 3.8) is 0 Å². The van der Waals surface area contributed by atoms with E-state index < -0.39 is 9.84 Å². The van der Waals surface area contributed by atoms with Crippen LogP contribution in [-0.2, 0) is 9.84 Å². The Morgan fingerprint density at radius 1 is 1.17 bits per heavy atom. The molecule has 1 unspecified atom stereocenters. The van der Waals surface area contributed by atoms with Crippen molar-refractivity contribution >= 4 is 27.2 Å². The number of methoxy groups -OCH3 is 1. The number of aromatic nitrogens is 2. The monoisotopic (exact) mass is 334 g/mol. The van der Waals surface area contributed by atoms with Gasteiger partial charge in [-0.05, 0) is 30.7 Å². The zero-order chi connectivity index (χ0) is 16.3. The van der Waals surface area contributed by atoms with Gasteiger partial charge in [0.15, 0.2) is 9.84 Å². The summed E-state index contributed by atoms with van der Waals surface area (Å²) in [6.45, 7) is 0. The second-order valence-corrected chi connectivity index (χ2v) is 7.62. The average molecular weight is 334 g/mol. The number of sulfone groups is 1. The molecular weight excluding hydrogens is 316 g/mol. The Labute approximate surface area is 135 Å². The molecule has 1 aliphatic rings. The molecule has 0 radical (unpaired) electrons. The SMILES string of the molecule is COc1ccc(Nc2cc(NC3CCS(=O)(=O)C3)ncn2)cc1. The van der Waals surface area contributed by atoms with E-state index in [9.17, 15) is 8.42 Å². The first-order valence-corrected chi connectivity index (χ1v) is 9.06. The molecule has 23 heavy (non-hydrogen) atoms. The van der Waals surface area contributed by atoms with Gasteiger partial charge in [0.2, 0.25) is 0 Å². The summed E-state index contributed by atoms with van der Waals surface area (Å²) in [5.41, 5.74) is 0.874. The van der Waals surface area contributed by atoms with Gasteiger partial charge in [-0.15, -0.1) is 0 Å². The fourth-order valence-corrected chi connectivity index (χ4v) is 4.12.